The van der Waals surface area contributed by atoms with E-state index in [0.29, 0.717) is 23.4 Å². The fourth-order valence-electron chi connectivity index (χ4n) is 3.12. The number of anilines is 1. The van der Waals surface area contributed by atoms with E-state index >= 15 is 0 Å². The van der Waals surface area contributed by atoms with Crippen molar-refractivity contribution in [3.63, 3.8) is 0 Å². The van der Waals surface area contributed by atoms with Crippen LogP contribution in [0, 0.1) is 5.41 Å². The van der Waals surface area contributed by atoms with Crippen LogP contribution in [0.2, 0.25) is 0 Å². The second-order valence-electron chi connectivity index (χ2n) is 6.54. The largest absolute Gasteiger partial charge is 0.399 e. The first kappa shape index (κ1) is 18.6. The first-order valence-electron chi connectivity index (χ1n) is 9.16. The number of nitrogens with one attached hydrogen (secondary N) is 2. The van der Waals surface area contributed by atoms with Crippen molar-refractivity contribution in [3.05, 3.63) is 71.7 Å². The van der Waals surface area contributed by atoms with Crippen molar-refractivity contribution in [2.45, 2.75) is 32.6 Å². The van der Waals surface area contributed by atoms with Crippen molar-refractivity contribution < 1.29 is 4.79 Å². The van der Waals surface area contributed by atoms with Gasteiger partial charge in [0.2, 0.25) is 0 Å². The number of nitrogens with two attached hydrogens (primary N) is 1. The predicted octanol–water partition coefficient (Wildman–Crippen LogP) is 4.81. The monoisotopic (exact) mass is 360 g/mol. The molecule has 5 nitrogen and oxygen atoms in total. The standard InChI is InChI=1S/C22H24N4O/c1-3-18(21(24)16-7-5-6-15(12-16)20(27)4-2)22-25-13-19(26-22)14-8-10-17(23)11-9-14/h5-13,18,24H,3-4,23H2,1-2H3,(H,25,26)/t18-/m0/s1. The zero-order valence-corrected chi connectivity index (χ0v) is 15.6. The molecule has 0 radical (unpaired) electrons. The lowest BCUT2D eigenvalue weighted by Crippen LogP contribution is -2.14. The number of hydrogen-bond acceptors (Lipinski definition) is 4. The quantitative estimate of drug-likeness (QED) is 0.320. The maximum atomic E-state index is 12.0. The van der Waals surface area contributed by atoms with E-state index in [-0.39, 0.29) is 11.7 Å². The molecule has 1 atom stereocenters. The van der Waals surface area contributed by atoms with Crippen molar-refractivity contribution in [2.24, 2.45) is 0 Å². The lowest BCUT2D eigenvalue weighted by Gasteiger charge is -2.15. The van der Waals surface area contributed by atoms with Gasteiger partial charge in [-0.3, -0.25) is 4.79 Å². The third-order valence-electron chi connectivity index (χ3n) is 4.72. The zero-order valence-electron chi connectivity index (χ0n) is 15.6. The molecular weight excluding hydrogens is 336 g/mol. The van der Waals surface area contributed by atoms with Gasteiger partial charge in [0.05, 0.1) is 17.8 Å². The van der Waals surface area contributed by atoms with Crippen LogP contribution < -0.4 is 5.73 Å². The Labute approximate surface area is 159 Å². The van der Waals surface area contributed by atoms with Gasteiger partial charge in [-0.2, -0.15) is 0 Å². The average Bonchev–Trinajstić information content (AvgIpc) is 3.18. The number of ketones is 1. The number of benzene rings is 2. The summed E-state index contributed by atoms with van der Waals surface area (Å²) >= 11 is 0. The highest BCUT2D eigenvalue weighted by atomic mass is 16.1. The molecule has 0 saturated heterocycles. The third kappa shape index (κ3) is 3.97. The Hall–Kier alpha value is -3.21. The Kier molecular flexibility index (Phi) is 5.50. The number of hydrogen-bond donors (Lipinski definition) is 3. The highest BCUT2D eigenvalue weighted by Gasteiger charge is 2.21. The highest BCUT2D eigenvalue weighted by molar-refractivity contribution is 6.05. The van der Waals surface area contributed by atoms with E-state index in [1.807, 2.05) is 50.2 Å². The number of aromatic nitrogens is 2. The number of Topliss-reactive ketones (excluding diaryl/α,β-unsaturated/α-hetero) is 1. The molecule has 0 unspecified atom stereocenters. The van der Waals surface area contributed by atoms with Crippen LogP contribution in [0.25, 0.3) is 11.3 Å². The lowest BCUT2D eigenvalue weighted by molar-refractivity contribution is 0.0988. The SMILES string of the molecule is CCC(=O)c1cccc(C(=N)[C@H](CC)c2ncc(-c3ccc(N)cc3)[nH]2)c1. The third-order valence-corrected chi connectivity index (χ3v) is 4.72. The van der Waals surface area contributed by atoms with Gasteiger partial charge < -0.3 is 16.1 Å². The summed E-state index contributed by atoms with van der Waals surface area (Å²) in [4.78, 5) is 19.8. The molecule has 3 rings (SSSR count). The van der Waals surface area contributed by atoms with Gasteiger partial charge in [-0.05, 0) is 35.7 Å². The summed E-state index contributed by atoms with van der Waals surface area (Å²) in [6.07, 6.45) is 2.98. The van der Waals surface area contributed by atoms with Gasteiger partial charge in [-0.1, -0.05) is 44.2 Å². The van der Waals surface area contributed by atoms with Crippen molar-refractivity contribution in [2.75, 3.05) is 5.73 Å². The molecule has 0 spiro atoms. The molecule has 1 heterocycles. The normalized spacial score (nSPS) is 11.9. The molecule has 2 aromatic carbocycles. The summed E-state index contributed by atoms with van der Waals surface area (Å²) in [6.45, 7) is 3.88. The van der Waals surface area contributed by atoms with Gasteiger partial charge in [0.25, 0.3) is 0 Å². The first-order chi connectivity index (χ1) is 13.0. The number of H-pyrrole nitrogens is 1. The van der Waals surface area contributed by atoms with E-state index in [1.165, 1.54) is 0 Å². The zero-order chi connectivity index (χ0) is 19.4. The van der Waals surface area contributed by atoms with E-state index < -0.39 is 0 Å². The summed E-state index contributed by atoms with van der Waals surface area (Å²) in [7, 11) is 0. The van der Waals surface area contributed by atoms with Gasteiger partial charge in [0.15, 0.2) is 5.78 Å². The molecule has 0 fully saturated rings. The van der Waals surface area contributed by atoms with Gasteiger partial charge in [0.1, 0.15) is 5.82 Å². The van der Waals surface area contributed by atoms with Crippen molar-refractivity contribution >= 4 is 17.2 Å². The first-order valence-corrected chi connectivity index (χ1v) is 9.16. The van der Waals surface area contributed by atoms with Crippen molar-refractivity contribution in [1.29, 1.82) is 5.41 Å². The Bertz CT molecular complexity index is 956. The minimum absolute atomic E-state index is 0.0846. The maximum absolute atomic E-state index is 12.0. The second-order valence-corrected chi connectivity index (χ2v) is 6.54. The number of carbonyl (C=O) groups excluding carboxylic acids is 1. The predicted molar refractivity (Wildman–Crippen MR) is 109 cm³/mol. The fourth-order valence-corrected chi connectivity index (χ4v) is 3.12. The Morgan fingerprint density at radius 1 is 1.15 bits per heavy atom. The molecule has 0 amide bonds. The summed E-state index contributed by atoms with van der Waals surface area (Å²) in [5.74, 6) is 0.669. The van der Waals surface area contributed by atoms with Gasteiger partial charge in [-0.25, -0.2) is 4.98 Å². The Morgan fingerprint density at radius 2 is 1.85 bits per heavy atom. The molecule has 0 aliphatic carbocycles. The Morgan fingerprint density at radius 3 is 2.52 bits per heavy atom. The molecule has 0 aliphatic rings. The molecule has 3 aromatic rings. The number of nitrogens with zero attached hydrogens (tertiary/aromatic N) is 1. The second kappa shape index (κ2) is 7.99. The van der Waals surface area contributed by atoms with Crippen LogP contribution in [-0.2, 0) is 0 Å². The summed E-state index contributed by atoms with van der Waals surface area (Å²) in [5.41, 5.74) is 10.2. The van der Waals surface area contributed by atoms with Crippen molar-refractivity contribution in [1.82, 2.24) is 9.97 Å². The van der Waals surface area contributed by atoms with Gasteiger partial charge in [0, 0.05) is 23.4 Å². The lowest BCUT2D eigenvalue weighted by atomic mass is 9.92. The summed E-state index contributed by atoms with van der Waals surface area (Å²) in [6, 6.07) is 14.9. The van der Waals surface area contributed by atoms with Crippen LogP contribution in [0.3, 0.4) is 0 Å². The highest BCUT2D eigenvalue weighted by Crippen LogP contribution is 2.26. The molecule has 0 saturated carbocycles. The number of aromatic amines is 1. The van der Waals surface area contributed by atoms with E-state index in [2.05, 4.69) is 9.97 Å². The topological polar surface area (TPSA) is 95.6 Å². The van der Waals surface area contributed by atoms with Gasteiger partial charge >= 0.3 is 0 Å². The number of nitrogen functional groups attached to an aromatic ring is 1. The van der Waals surface area contributed by atoms with Crippen LogP contribution in [0.5, 0.6) is 0 Å². The minimum Gasteiger partial charge on any atom is -0.399 e. The van der Waals surface area contributed by atoms with E-state index in [0.717, 1.165) is 29.1 Å². The maximum Gasteiger partial charge on any atom is 0.162 e. The summed E-state index contributed by atoms with van der Waals surface area (Å²) < 4.78 is 0. The van der Waals surface area contributed by atoms with Gasteiger partial charge in [-0.15, -0.1) is 0 Å². The van der Waals surface area contributed by atoms with E-state index in [4.69, 9.17) is 11.1 Å². The number of imidazole rings is 1. The average molecular weight is 360 g/mol. The number of carbonyl (C=O) groups is 1. The van der Waals surface area contributed by atoms with Crippen LogP contribution >= 0.6 is 0 Å². The fraction of sp³-hybridized carbons (Fsp3) is 0.227. The summed E-state index contributed by atoms with van der Waals surface area (Å²) in [5, 5.41) is 8.67. The van der Waals surface area contributed by atoms with E-state index in [1.54, 1.807) is 18.3 Å². The van der Waals surface area contributed by atoms with Crippen molar-refractivity contribution in [3.8, 4) is 11.3 Å². The van der Waals surface area contributed by atoms with Crippen LogP contribution in [0.4, 0.5) is 5.69 Å². The molecule has 0 aliphatic heterocycles. The molecular formula is C22H24N4O. The van der Waals surface area contributed by atoms with Crippen LogP contribution in [-0.4, -0.2) is 21.5 Å². The number of rotatable bonds is 7. The smallest absolute Gasteiger partial charge is 0.162 e. The molecule has 5 heteroatoms. The van der Waals surface area contributed by atoms with E-state index in [9.17, 15) is 4.79 Å². The van der Waals surface area contributed by atoms with Crippen LogP contribution in [0.1, 0.15) is 54.4 Å². The Balaban J connectivity index is 1.88. The minimum atomic E-state index is -0.167. The molecule has 138 valence electrons. The molecule has 0 bridgehead atoms. The van der Waals surface area contributed by atoms with Crippen LogP contribution in [0.15, 0.2) is 54.7 Å². The molecule has 27 heavy (non-hydrogen) atoms. The molecule has 1 aromatic heterocycles. The molecule has 4 N–H and O–H groups in total.